The summed E-state index contributed by atoms with van der Waals surface area (Å²) in [5.41, 5.74) is 3.36. The summed E-state index contributed by atoms with van der Waals surface area (Å²) in [6.45, 7) is 2.37. The molecular weight excluding hydrogens is 262 g/mol. The molecule has 2 aromatic carbocycles. The van der Waals surface area contributed by atoms with Crippen LogP contribution in [0, 0.1) is 0 Å². The molecule has 21 heavy (non-hydrogen) atoms. The Morgan fingerprint density at radius 1 is 1.05 bits per heavy atom. The van der Waals surface area contributed by atoms with Gasteiger partial charge in [0.25, 0.3) is 0 Å². The number of amides is 1. The van der Waals surface area contributed by atoms with Crippen LogP contribution in [0.3, 0.4) is 0 Å². The van der Waals surface area contributed by atoms with Gasteiger partial charge in [-0.2, -0.15) is 0 Å². The van der Waals surface area contributed by atoms with Gasteiger partial charge >= 0.3 is 6.09 Å². The van der Waals surface area contributed by atoms with E-state index < -0.39 is 0 Å². The molecule has 108 valence electrons. The largest absolute Gasteiger partial charge is 0.445 e. The summed E-state index contributed by atoms with van der Waals surface area (Å²) in [4.78, 5) is 12.0. The van der Waals surface area contributed by atoms with Gasteiger partial charge in [-0.1, -0.05) is 54.6 Å². The molecule has 0 bridgehead atoms. The number of fused-ring (bicyclic) bond motifs is 1. The Kier molecular flexibility index (Phi) is 3.65. The topological polar surface area (TPSA) is 38.3 Å². The van der Waals surface area contributed by atoms with Crippen molar-refractivity contribution in [2.45, 2.75) is 31.9 Å². The molecule has 3 heteroatoms. The summed E-state index contributed by atoms with van der Waals surface area (Å²) in [6, 6.07) is 18.0. The molecule has 0 spiro atoms. The lowest BCUT2D eigenvalue weighted by atomic mass is 9.99. The van der Waals surface area contributed by atoms with Gasteiger partial charge in [0.15, 0.2) is 0 Å². The third-order valence-corrected chi connectivity index (χ3v) is 3.90. The van der Waals surface area contributed by atoms with Gasteiger partial charge in [0, 0.05) is 5.54 Å². The summed E-state index contributed by atoms with van der Waals surface area (Å²) in [6.07, 6.45) is 1.35. The van der Waals surface area contributed by atoms with Crippen LogP contribution in [0.2, 0.25) is 0 Å². The average Bonchev–Trinajstić information content (AvgIpc) is 2.81. The maximum absolute atomic E-state index is 12.0. The van der Waals surface area contributed by atoms with E-state index in [4.69, 9.17) is 4.74 Å². The zero-order valence-electron chi connectivity index (χ0n) is 12.1. The molecule has 0 aliphatic heterocycles. The lowest BCUT2D eigenvalue weighted by Crippen LogP contribution is -2.46. The zero-order chi connectivity index (χ0) is 14.7. The number of hydrogen-bond donors (Lipinski definition) is 1. The van der Waals surface area contributed by atoms with Crippen LogP contribution >= 0.6 is 0 Å². The molecule has 0 atom stereocenters. The minimum absolute atomic E-state index is 0.253. The fraction of sp³-hybridized carbons (Fsp3) is 0.278. The molecule has 0 heterocycles. The lowest BCUT2D eigenvalue weighted by Gasteiger charge is -2.24. The van der Waals surface area contributed by atoms with E-state index in [1.54, 1.807) is 0 Å². The molecule has 2 aromatic rings. The molecule has 0 unspecified atom stereocenters. The van der Waals surface area contributed by atoms with E-state index in [-0.39, 0.29) is 11.6 Å². The summed E-state index contributed by atoms with van der Waals surface area (Å²) in [5, 5.41) is 3.01. The van der Waals surface area contributed by atoms with Crippen LogP contribution < -0.4 is 5.32 Å². The number of carbonyl (C=O) groups is 1. The summed E-state index contributed by atoms with van der Waals surface area (Å²) >= 11 is 0. The van der Waals surface area contributed by atoms with Crippen LogP contribution in [0.4, 0.5) is 4.79 Å². The first-order valence-electron chi connectivity index (χ1n) is 7.20. The highest BCUT2D eigenvalue weighted by Crippen LogP contribution is 2.29. The minimum Gasteiger partial charge on any atom is -0.445 e. The van der Waals surface area contributed by atoms with E-state index in [2.05, 4.69) is 24.4 Å². The summed E-state index contributed by atoms with van der Waals surface area (Å²) < 4.78 is 5.30. The van der Waals surface area contributed by atoms with Gasteiger partial charge in [0.05, 0.1) is 0 Å². The minimum atomic E-state index is -0.353. The maximum atomic E-state index is 12.0. The first kappa shape index (κ1) is 13.7. The van der Waals surface area contributed by atoms with E-state index in [0.29, 0.717) is 6.61 Å². The first-order chi connectivity index (χ1) is 10.1. The second-order valence-corrected chi connectivity index (χ2v) is 5.87. The Morgan fingerprint density at radius 2 is 1.62 bits per heavy atom. The second-order valence-electron chi connectivity index (χ2n) is 5.87. The van der Waals surface area contributed by atoms with E-state index in [1.165, 1.54) is 11.1 Å². The van der Waals surface area contributed by atoms with Gasteiger partial charge in [-0.3, -0.25) is 0 Å². The first-order valence-corrected chi connectivity index (χ1v) is 7.20. The molecule has 0 fully saturated rings. The molecule has 0 radical (unpaired) electrons. The Balaban J connectivity index is 1.56. The van der Waals surface area contributed by atoms with Crippen molar-refractivity contribution in [3.63, 3.8) is 0 Å². The molecular formula is C18H19NO2. The Morgan fingerprint density at radius 3 is 2.24 bits per heavy atom. The monoisotopic (exact) mass is 281 g/mol. The highest BCUT2D eigenvalue weighted by molar-refractivity contribution is 5.68. The number of benzene rings is 2. The third-order valence-electron chi connectivity index (χ3n) is 3.90. The molecule has 3 nitrogen and oxygen atoms in total. The molecule has 1 aliphatic rings. The zero-order valence-corrected chi connectivity index (χ0v) is 12.1. The molecule has 1 amide bonds. The lowest BCUT2D eigenvalue weighted by molar-refractivity contribution is 0.128. The number of ether oxygens (including phenoxy) is 1. The van der Waals surface area contributed by atoms with E-state index in [9.17, 15) is 4.79 Å². The van der Waals surface area contributed by atoms with Crippen LogP contribution in [0.1, 0.15) is 23.6 Å². The van der Waals surface area contributed by atoms with Crippen LogP contribution in [0.25, 0.3) is 0 Å². The third kappa shape index (κ3) is 3.24. The number of hydrogen-bond acceptors (Lipinski definition) is 2. The SMILES string of the molecule is CC1(NC(=O)OCc2ccccc2)Cc2ccccc2C1. The Bertz CT molecular complexity index is 612. The number of carbonyl (C=O) groups excluding carboxylic acids is 1. The van der Waals surface area contributed by atoms with Gasteiger partial charge in [-0.25, -0.2) is 4.79 Å². The van der Waals surface area contributed by atoms with Crippen molar-refractivity contribution in [2.24, 2.45) is 0 Å². The van der Waals surface area contributed by atoms with Crippen molar-refractivity contribution >= 4 is 6.09 Å². The maximum Gasteiger partial charge on any atom is 0.407 e. The normalized spacial score (nSPS) is 15.3. The second kappa shape index (κ2) is 5.60. The van der Waals surface area contributed by atoms with Crippen molar-refractivity contribution in [1.29, 1.82) is 0 Å². The molecule has 3 rings (SSSR count). The number of nitrogens with one attached hydrogen (secondary N) is 1. The molecule has 1 aliphatic carbocycles. The van der Waals surface area contributed by atoms with Crippen LogP contribution in [0.15, 0.2) is 54.6 Å². The van der Waals surface area contributed by atoms with Gasteiger partial charge in [0.2, 0.25) is 0 Å². The van der Waals surface area contributed by atoms with E-state index in [0.717, 1.165) is 18.4 Å². The number of rotatable bonds is 3. The van der Waals surface area contributed by atoms with Gasteiger partial charge in [0.1, 0.15) is 6.61 Å². The van der Waals surface area contributed by atoms with Crippen molar-refractivity contribution in [1.82, 2.24) is 5.32 Å². The van der Waals surface area contributed by atoms with E-state index >= 15 is 0 Å². The molecule has 1 N–H and O–H groups in total. The highest BCUT2D eigenvalue weighted by Gasteiger charge is 2.34. The summed E-state index contributed by atoms with van der Waals surface area (Å²) in [7, 11) is 0. The van der Waals surface area contributed by atoms with Crippen molar-refractivity contribution in [3.8, 4) is 0 Å². The fourth-order valence-electron chi connectivity index (χ4n) is 2.90. The van der Waals surface area contributed by atoms with Gasteiger partial charge in [-0.05, 0) is 36.5 Å². The van der Waals surface area contributed by atoms with Crippen LogP contribution in [-0.2, 0) is 24.2 Å². The fourth-order valence-corrected chi connectivity index (χ4v) is 2.90. The molecule has 0 saturated carbocycles. The highest BCUT2D eigenvalue weighted by atomic mass is 16.5. The Hall–Kier alpha value is -2.29. The number of alkyl carbamates (subject to hydrolysis) is 1. The summed E-state index contributed by atoms with van der Waals surface area (Å²) in [5.74, 6) is 0. The van der Waals surface area contributed by atoms with Crippen LogP contribution in [-0.4, -0.2) is 11.6 Å². The predicted octanol–water partition coefficient (Wildman–Crippen LogP) is 3.47. The molecule has 0 aromatic heterocycles. The van der Waals surface area contributed by atoms with Crippen molar-refractivity contribution in [2.75, 3.05) is 0 Å². The Labute approximate surface area is 124 Å². The van der Waals surface area contributed by atoms with Crippen molar-refractivity contribution < 1.29 is 9.53 Å². The smallest absolute Gasteiger partial charge is 0.407 e. The van der Waals surface area contributed by atoms with Gasteiger partial charge < -0.3 is 10.1 Å². The van der Waals surface area contributed by atoms with Crippen LogP contribution in [0.5, 0.6) is 0 Å². The molecule has 0 saturated heterocycles. The van der Waals surface area contributed by atoms with Crippen molar-refractivity contribution in [3.05, 3.63) is 71.3 Å². The predicted molar refractivity (Wildman–Crippen MR) is 82.0 cm³/mol. The standard InChI is InChI=1S/C18H19NO2/c1-18(11-15-9-5-6-10-16(15)12-18)19-17(20)21-13-14-7-3-2-4-8-14/h2-10H,11-13H2,1H3,(H,19,20). The quantitative estimate of drug-likeness (QED) is 0.935. The van der Waals surface area contributed by atoms with Gasteiger partial charge in [-0.15, -0.1) is 0 Å². The van der Waals surface area contributed by atoms with E-state index in [1.807, 2.05) is 42.5 Å². The average molecular weight is 281 g/mol.